The van der Waals surface area contributed by atoms with Gasteiger partial charge >= 0.3 is 6.03 Å². The summed E-state index contributed by atoms with van der Waals surface area (Å²) >= 11 is 0. The number of hydrogen-bond donors (Lipinski definition) is 3. The Kier molecular flexibility index (Phi) is 7.60. The monoisotopic (exact) mass is 431 g/mol. The van der Waals surface area contributed by atoms with E-state index in [0.29, 0.717) is 18.5 Å². The van der Waals surface area contributed by atoms with Gasteiger partial charge in [-0.05, 0) is 44.4 Å². The van der Waals surface area contributed by atoms with Crippen molar-refractivity contribution in [2.24, 2.45) is 10.7 Å². The average molecular weight is 431 g/mol. The van der Waals surface area contributed by atoms with E-state index in [9.17, 15) is 4.79 Å². The largest absolute Gasteiger partial charge is 0.370 e. The molecule has 4 N–H and O–H groups in total. The Labute approximate surface area is 154 Å². The maximum atomic E-state index is 11.6. The molecule has 1 saturated carbocycles. The van der Waals surface area contributed by atoms with Gasteiger partial charge in [0.2, 0.25) is 0 Å². The van der Waals surface area contributed by atoms with E-state index in [-0.39, 0.29) is 36.0 Å². The second kappa shape index (κ2) is 8.95. The van der Waals surface area contributed by atoms with E-state index in [0.717, 1.165) is 11.3 Å². The minimum absolute atomic E-state index is 0. The number of halogens is 1. The number of carbonyl (C=O) groups excluding carboxylic acids is 1. The van der Waals surface area contributed by atoms with Crippen molar-refractivity contribution in [1.82, 2.24) is 10.2 Å². The first-order chi connectivity index (χ1) is 10.5. The summed E-state index contributed by atoms with van der Waals surface area (Å²) in [4.78, 5) is 18.0. The van der Waals surface area contributed by atoms with Crippen LogP contribution < -0.4 is 16.4 Å². The second-order valence-electron chi connectivity index (χ2n) is 5.97. The molecule has 0 spiro atoms. The van der Waals surface area contributed by atoms with Gasteiger partial charge in [0.05, 0.1) is 6.54 Å². The van der Waals surface area contributed by atoms with Crippen molar-refractivity contribution >= 4 is 41.7 Å². The van der Waals surface area contributed by atoms with Gasteiger partial charge in [-0.2, -0.15) is 0 Å². The Hall–Kier alpha value is -1.51. The lowest BCUT2D eigenvalue weighted by atomic mass is 10.2. The molecule has 128 valence electrons. The number of rotatable bonds is 5. The zero-order chi connectivity index (χ0) is 16.1. The van der Waals surface area contributed by atoms with Gasteiger partial charge in [0.15, 0.2) is 5.96 Å². The number of hydrogen-bond acceptors (Lipinski definition) is 2. The lowest BCUT2D eigenvalue weighted by Crippen LogP contribution is -2.35. The van der Waals surface area contributed by atoms with Crippen molar-refractivity contribution in [3.63, 3.8) is 0 Å². The van der Waals surface area contributed by atoms with Crippen molar-refractivity contribution in [3.8, 4) is 0 Å². The van der Waals surface area contributed by atoms with Crippen LogP contribution in [0.3, 0.4) is 0 Å². The first kappa shape index (κ1) is 19.5. The molecule has 0 aromatic heterocycles. The van der Waals surface area contributed by atoms with Gasteiger partial charge in [-0.15, -0.1) is 24.0 Å². The van der Waals surface area contributed by atoms with Crippen LogP contribution in [0.25, 0.3) is 0 Å². The summed E-state index contributed by atoms with van der Waals surface area (Å²) in [5.41, 5.74) is 7.77. The molecular formula is C16H26IN5O. The molecule has 0 unspecified atom stereocenters. The molecule has 0 heterocycles. The van der Waals surface area contributed by atoms with E-state index >= 15 is 0 Å². The fraction of sp³-hybridized carbons (Fsp3) is 0.500. The van der Waals surface area contributed by atoms with Crippen LogP contribution in [0, 0.1) is 0 Å². The van der Waals surface area contributed by atoms with Gasteiger partial charge in [0.1, 0.15) is 0 Å². The highest BCUT2D eigenvalue weighted by Crippen LogP contribution is 2.24. The van der Waals surface area contributed by atoms with Crippen LogP contribution in [0.5, 0.6) is 0 Å². The molecule has 1 aliphatic rings. The first-order valence-corrected chi connectivity index (χ1v) is 7.65. The summed E-state index contributed by atoms with van der Waals surface area (Å²) in [6.07, 6.45) is 2.40. The van der Waals surface area contributed by atoms with Crippen LogP contribution in [0.4, 0.5) is 10.5 Å². The number of nitrogens with zero attached hydrogens (tertiary/aromatic N) is 2. The van der Waals surface area contributed by atoms with Crippen LogP contribution >= 0.6 is 24.0 Å². The number of aliphatic imine (C=N–C) groups is 1. The molecule has 0 saturated heterocycles. The number of nitrogens with two attached hydrogens (primary N) is 1. The van der Waals surface area contributed by atoms with E-state index in [1.807, 2.05) is 50.1 Å². The van der Waals surface area contributed by atoms with Gasteiger partial charge < -0.3 is 21.3 Å². The molecule has 1 aromatic carbocycles. The molecule has 1 aromatic rings. The summed E-state index contributed by atoms with van der Waals surface area (Å²) in [7, 11) is 1.98. The fourth-order valence-corrected chi connectivity index (χ4v) is 2.06. The normalized spacial score (nSPS) is 14.2. The number of carbonyl (C=O) groups is 1. The topological polar surface area (TPSA) is 82.8 Å². The van der Waals surface area contributed by atoms with Gasteiger partial charge in [0, 0.05) is 24.8 Å². The van der Waals surface area contributed by atoms with Gasteiger partial charge in [-0.25, -0.2) is 9.79 Å². The molecule has 23 heavy (non-hydrogen) atoms. The van der Waals surface area contributed by atoms with E-state index in [1.54, 1.807) is 0 Å². The number of urea groups is 1. The second-order valence-corrected chi connectivity index (χ2v) is 5.97. The van der Waals surface area contributed by atoms with Gasteiger partial charge in [0.25, 0.3) is 0 Å². The van der Waals surface area contributed by atoms with Gasteiger partial charge in [-0.1, -0.05) is 12.1 Å². The smallest absolute Gasteiger partial charge is 0.319 e. The van der Waals surface area contributed by atoms with Crippen molar-refractivity contribution < 1.29 is 4.79 Å². The Morgan fingerprint density at radius 1 is 1.35 bits per heavy atom. The predicted molar refractivity (Wildman–Crippen MR) is 105 cm³/mol. The number of amides is 2. The highest BCUT2D eigenvalue weighted by molar-refractivity contribution is 14.0. The Morgan fingerprint density at radius 2 is 1.96 bits per heavy atom. The molecule has 2 amide bonds. The molecule has 0 radical (unpaired) electrons. The molecule has 6 nitrogen and oxygen atoms in total. The van der Waals surface area contributed by atoms with Crippen molar-refractivity contribution in [3.05, 3.63) is 29.8 Å². The highest BCUT2D eigenvalue weighted by atomic mass is 127. The maximum absolute atomic E-state index is 11.6. The van der Waals surface area contributed by atoms with Crippen molar-refractivity contribution in [2.75, 3.05) is 12.4 Å². The summed E-state index contributed by atoms with van der Waals surface area (Å²) in [5, 5.41) is 5.57. The Balaban J connectivity index is 0.00000264. The van der Waals surface area contributed by atoms with Crippen LogP contribution in [-0.4, -0.2) is 36.0 Å². The minimum Gasteiger partial charge on any atom is -0.370 e. The zero-order valence-electron chi connectivity index (χ0n) is 13.9. The SMILES string of the molecule is CC(C)NC(=O)Nc1ccc(CN=C(N)N(C)C2CC2)cc1.I. The number of guanidine groups is 1. The third-order valence-corrected chi connectivity index (χ3v) is 3.51. The summed E-state index contributed by atoms with van der Waals surface area (Å²) in [5.74, 6) is 0.584. The van der Waals surface area contributed by atoms with Crippen molar-refractivity contribution in [1.29, 1.82) is 0 Å². The lowest BCUT2D eigenvalue weighted by Gasteiger charge is -2.16. The molecule has 0 atom stereocenters. The molecule has 7 heteroatoms. The standard InChI is InChI=1S/C16H25N5O.HI/c1-11(2)19-16(22)20-13-6-4-12(5-7-13)10-18-15(17)21(3)14-8-9-14;/h4-7,11,14H,8-10H2,1-3H3,(H2,17,18)(H2,19,20,22);1H. The van der Waals surface area contributed by atoms with Crippen LogP contribution in [0.1, 0.15) is 32.3 Å². The summed E-state index contributed by atoms with van der Waals surface area (Å²) in [6.45, 7) is 4.38. The summed E-state index contributed by atoms with van der Waals surface area (Å²) in [6, 6.07) is 8.10. The van der Waals surface area contributed by atoms with E-state index in [4.69, 9.17) is 5.73 Å². The third kappa shape index (κ3) is 6.64. The van der Waals surface area contributed by atoms with Crippen LogP contribution in [0.15, 0.2) is 29.3 Å². The van der Waals surface area contributed by atoms with Gasteiger partial charge in [-0.3, -0.25) is 0 Å². The molecule has 0 bridgehead atoms. The number of benzene rings is 1. The molecule has 1 aliphatic carbocycles. The zero-order valence-corrected chi connectivity index (χ0v) is 16.2. The predicted octanol–water partition coefficient (Wildman–Crippen LogP) is 2.74. The maximum Gasteiger partial charge on any atom is 0.319 e. The average Bonchev–Trinajstić information content (AvgIpc) is 3.29. The molecule has 0 aliphatic heterocycles. The third-order valence-electron chi connectivity index (χ3n) is 3.51. The van der Waals surface area contributed by atoms with E-state index in [1.165, 1.54) is 12.8 Å². The molecule has 1 fully saturated rings. The number of nitrogens with one attached hydrogen (secondary N) is 2. The Bertz CT molecular complexity index is 540. The molecular weight excluding hydrogens is 405 g/mol. The Morgan fingerprint density at radius 3 is 2.48 bits per heavy atom. The first-order valence-electron chi connectivity index (χ1n) is 7.65. The van der Waals surface area contributed by atoms with E-state index in [2.05, 4.69) is 15.6 Å². The van der Waals surface area contributed by atoms with Crippen LogP contribution in [-0.2, 0) is 6.54 Å². The fourth-order valence-electron chi connectivity index (χ4n) is 2.06. The minimum atomic E-state index is -0.198. The lowest BCUT2D eigenvalue weighted by molar-refractivity contribution is 0.250. The van der Waals surface area contributed by atoms with Crippen molar-refractivity contribution in [2.45, 2.75) is 45.3 Å². The quantitative estimate of drug-likeness (QED) is 0.381. The van der Waals surface area contributed by atoms with E-state index < -0.39 is 0 Å². The molecule has 2 rings (SSSR count). The van der Waals surface area contributed by atoms with Crippen LogP contribution in [0.2, 0.25) is 0 Å². The highest BCUT2D eigenvalue weighted by Gasteiger charge is 2.27. The summed E-state index contributed by atoms with van der Waals surface area (Å²) < 4.78 is 0. The number of anilines is 1.